The SMILES string of the molecule is CCO/C(C)=N/C(=O)c1cccc(Br)c1. The number of carbonyl (C=O) groups excluding carboxylic acids is 1. The lowest BCUT2D eigenvalue weighted by molar-refractivity contribution is 0.0999. The van der Waals surface area contributed by atoms with Crippen LogP contribution in [-0.2, 0) is 4.74 Å². The van der Waals surface area contributed by atoms with E-state index >= 15 is 0 Å². The molecule has 0 aliphatic heterocycles. The van der Waals surface area contributed by atoms with Crippen molar-refractivity contribution >= 4 is 27.7 Å². The molecule has 80 valence electrons. The van der Waals surface area contributed by atoms with Gasteiger partial charge in [-0.05, 0) is 25.1 Å². The van der Waals surface area contributed by atoms with Gasteiger partial charge in [-0.15, -0.1) is 0 Å². The second kappa shape index (κ2) is 5.66. The molecule has 0 N–H and O–H groups in total. The van der Waals surface area contributed by atoms with Crippen LogP contribution >= 0.6 is 15.9 Å². The van der Waals surface area contributed by atoms with E-state index in [0.29, 0.717) is 18.1 Å². The highest BCUT2D eigenvalue weighted by molar-refractivity contribution is 9.10. The van der Waals surface area contributed by atoms with Crippen LogP contribution in [0.5, 0.6) is 0 Å². The molecule has 0 radical (unpaired) electrons. The van der Waals surface area contributed by atoms with Crippen molar-refractivity contribution < 1.29 is 9.53 Å². The average Bonchev–Trinajstić information content (AvgIpc) is 2.18. The maximum Gasteiger partial charge on any atom is 0.280 e. The van der Waals surface area contributed by atoms with Crippen molar-refractivity contribution in [2.24, 2.45) is 4.99 Å². The number of halogens is 1. The standard InChI is InChI=1S/C11H12BrNO2/c1-3-15-8(2)13-11(14)9-5-4-6-10(12)7-9/h4-7H,3H2,1-2H3/b13-8+. The summed E-state index contributed by atoms with van der Waals surface area (Å²) in [5.74, 6) is 0.102. The van der Waals surface area contributed by atoms with Gasteiger partial charge in [-0.25, -0.2) is 0 Å². The van der Waals surface area contributed by atoms with Gasteiger partial charge in [0, 0.05) is 17.0 Å². The maximum atomic E-state index is 11.6. The molecule has 4 heteroatoms. The summed E-state index contributed by atoms with van der Waals surface area (Å²) in [6.07, 6.45) is 0. The molecule has 0 unspecified atom stereocenters. The molecular weight excluding hydrogens is 258 g/mol. The van der Waals surface area contributed by atoms with Gasteiger partial charge in [-0.1, -0.05) is 22.0 Å². The minimum Gasteiger partial charge on any atom is -0.481 e. The lowest BCUT2D eigenvalue weighted by atomic mass is 10.2. The minimum absolute atomic E-state index is 0.290. The Morgan fingerprint density at radius 2 is 2.27 bits per heavy atom. The van der Waals surface area contributed by atoms with E-state index < -0.39 is 0 Å². The molecule has 0 fully saturated rings. The number of benzene rings is 1. The summed E-state index contributed by atoms with van der Waals surface area (Å²) < 4.78 is 5.94. The number of carbonyl (C=O) groups is 1. The fraction of sp³-hybridized carbons (Fsp3) is 0.273. The summed E-state index contributed by atoms with van der Waals surface area (Å²) in [6.45, 7) is 4.03. The Morgan fingerprint density at radius 3 is 2.87 bits per heavy atom. The topological polar surface area (TPSA) is 38.7 Å². The van der Waals surface area contributed by atoms with Crippen LogP contribution in [0, 0.1) is 0 Å². The number of nitrogens with zero attached hydrogens (tertiary/aromatic N) is 1. The lowest BCUT2D eigenvalue weighted by Gasteiger charge is -2.01. The molecule has 1 amide bonds. The van der Waals surface area contributed by atoms with Crippen LogP contribution in [0.1, 0.15) is 24.2 Å². The van der Waals surface area contributed by atoms with Crippen LogP contribution in [0.2, 0.25) is 0 Å². The number of hydrogen-bond acceptors (Lipinski definition) is 2. The Hall–Kier alpha value is -1.16. The molecular formula is C11H12BrNO2. The third-order valence-electron chi connectivity index (χ3n) is 1.68. The summed E-state index contributed by atoms with van der Waals surface area (Å²) in [6, 6.07) is 7.10. The summed E-state index contributed by atoms with van der Waals surface area (Å²) in [7, 11) is 0. The van der Waals surface area contributed by atoms with E-state index in [0.717, 1.165) is 4.47 Å². The first-order valence-electron chi connectivity index (χ1n) is 4.61. The van der Waals surface area contributed by atoms with E-state index in [1.54, 1.807) is 25.1 Å². The van der Waals surface area contributed by atoms with Crippen molar-refractivity contribution in [1.82, 2.24) is 0 Å². The van der Waals surface area contributed by atoms with Crippen LogP contribution in [0.4, 0.5) is 0 Å². The van der Waals surface area contributed by atoms with Gasteiger partial charge in [0.1, 0.15) is 0 Å². The molecule has 0 aliphatic rings. The monoisotopic (exact) mass is 269 g/mol. The van der Waals surface area contributed by atoms with Gasteiger partial charge in [0.2, 0.25) is 0 Å². The molecule has 0 atom stereocenters. The highest BCUT2D eigenvalue weighted by Gasteiger charge is 2.04. The van der Waals surface area contributed by atoms with Gasteiger partial charge in [-0.3, -0.25) is 4.79 Å². The Bertz CT molecular complexity index is 388. The summed E-state index contributed by atoms with van der Waals surface area (Å²) in [5, 5.41) is 0. The van der Waals surface area contributed by atoms with Crippen molar-refractivity contribution in [3.8, 4) is 0 Å². The second-order valence-corrected chi connectivity index (χ2v) is 3.80. The van der Waals surface area contributed by atoms with Gasteiger partial charge >= 0.3 is 0 Å². The van der Waals surface area contributed by atoms with Gasteiger partial charge in [0.05, 0.1) is 6.61 Å². The fourth-order valence-electron chi connectivity index (χ4n) is 1.07. The summed E-state index contributed by atoms with van der Waals surface area (Å²) >= 11 is 3.30. The molecule has 0 saturated heterocycles. The van der Waals surface area contributed by atoms with Gasteiger partial charge in [0.15, 0.2) is 5.90 Å². The van der Waals surface area contributed by atoms with E-state index in [1.165, 1.54) is 0 Å². The lowest BCUT2D eigenvalue weighted by Crippen LogP contribution is -2.04. The summed E-state index contributed by atoms with van der Waals surface area (Å²) in [5.41, 5.74) is 0.545. The van der Waals surface area contributed by atoms with Gasteiger partial charge < -0.3 is 4.74 Å². The first-order valence-corrected chi connectivity index (χ1v) is 5.40. The van der Waals surface area contributed by atoms with Crippen LogP contribution in [0.15, 0.2) is 33.7 Å². The van der Waals surface area contributed by atoms with Gasteiger partial charge in [0.25, 0.3) is 5.91 Å². The number of amides is 1. The number of hydrogen-bond donors (Lipinski definition) is 0. The molecule has 0 bridgehead atoms. The van der Waals surface area contributed by atoms with Crippen LogP contribution in [-0.4, -0.2) is 18.4 Å². The van der Waals surface area contributed by atoms with Crippen molar-refractivity contribution in [3.63, 3.8) is 0 Å². The summed E-state index contributed by atoms with van der Waals surface area (Å²) in [4.78, 5) is 15.4. The highest BCUT2D eigenvalue weighted by atomic mass is 79.9. The normalized spacial score (nSPS) is 11.3. The molecule has 1 aromatic rings. The molecule has 0 aromatic heterocycles. The Kier molecular flexibility index (Phi) is 4.49. The van der Waals surface area contributed by atoms with Crippen molar-refractivity contribution in [2.75, 3.05) is 6.61 Å². The Morgan fingerprint density at radius 1 is 1.53 bits per heavy atom. The highest BCUT2D eigenvalue weighted by Crippen LogP contribution is 2.12. The maximum absolute atomic E-state index is 11.6. The molecule has 1 aromatic carbocycles. The smallest absolute Gasteiger partial charge is 0.280 e. The fourth-order valence-corrected chi connectivity index (χ4v) is 1.47. The zero-order valence-electron chi connectivity index (χ0n) is 8.66. The molecule has 0 spiro atoms. The Balaban J connectivity index is 2.81. The quantitative estimate of drug-likeness (QED) is 0.612. The largest absolute Gasteiger partial charge is 0.481 e. The predicted octanol–water partition coefficient (Wildman–Crippen LogP) is 3.04. The molecule has 0 aliphatic carbocycles. The third-order valence-corrected chi connectivity index (χ3v) is 2.18. The molecule has 3 nitrogen and oxygen atoms in total. The molecule has 15 heavy (non-hydrogen) atoms. The van der Waals surface area contributed by atoms with Crippen molar-refractivity contribution in [3.05, 3.63) is 34.3 Å². The predicted molar refractivity (Wildman–Crippen MR) is 63.2 cm³/mol. The van der Waals surface area contributed by atoms with E-state index in [4.69, 9.17) is 4.74 Å². The minimum atomic E-state index is -0.290. The van der Waals surface area contributed by atoms with Crippen molar-refractivity contribution in [1.29, 1.82) is 0 Å². The number of ether oxygens (including phenoxy) is 1. The third kappa shape index (κ3) is 3.83. The Labute approximate surface area is 97.3 Å². The van der Waals surface area contributed by atoms with E-state index in [1.807, 2.05) is 13.0 Å². The second-order valence-electron chi connectivity index (χ2n) is 2.88. The zero-order valence-corrected chi connectivity index (χ0v) is 10.2. The van der Waals surface area contributed by atoms with E-state index in [2.05, 4.69) is 20.9 Å². The first-order chi connectivity index (χ1) is 7.13. The van der Waals surface area contributed by atoms with Crippen molar-refractivity contribution in [2.45, 2.75) is 13.8 Å². The zero-order chi connectivity index (χ0) is 11.3. The van der Waals surface area contributed by atoms with E-state index in [9.17, 15) is 4.79 Å². The van der Waals surface area contributed by atoms with Gasteiger partial charge in [-0.2, -0.15) is 4.99 Å². The van der Waals surface area contributed by atoms with Crippen LogP contribution in [0.3, 0.4) is 0 Å². The molecule has 1 rings (SSSR count). The number of aliphatic imine (C=N–C) groups is 1. The van der Waals surface area contributed by atoms with Crippen LogP contribution in [0.25, 0.3) is 0 Å². The average molecular weight is 270 g/mol. The molecule has 0 heterocycles. The first kappa shape index (κ1) is 11.9. The van der Waals surface area contributed by atoms with E-state index in [-0.39, 0.29) is 5.91 Å². The molecule has 0 saturated carbocycles. The van der Waals surface area contributed by atoms with Crippen LogP contribution < -0.4 is 0 Å². The number of rotatable bonds is 2.